The van der Waals surface area contributed by atoms with E-state index in [9.17, 15) is 0 Å². The van der Waals surface area contributed by atoms with E-state index in [4.69, 9.17) is 11.5 Å². The SMILES string of the molecule is C=C(C)CNc1cc(N2C[C@@H]3C(N)[C@@H]3C2)nc(N)n1. The maximum Gasteiger partial charge on any atom is 0.223 e. The normalized spacial score (nSPS) is 28.1. The van der Waals surface area contributed by atoms with Crippen LogP contribution < -0.4 is 21.7 Å². The maximum atomic E-state index is 5.95. The number of piperidine rings is 1. The molecule has 0 amide bonds. The molecule has 0 aromatic carbocycles. The van der Waals surface area contributed by atoms with E-state index >= 15 is 0 Å². The highest BCUT2D eigenvalue weighted by atomic mass is 15.3. The van der Waals surface area contributed by atoms with Gasteiger partial charge in [0.2, 0.25) is 5.95 Å². The Kier molecular flexibility index (Phi) is 2.82. The molecule has 5 N–H and O–H groups in total. The molecule has 1 unspecified atom stereocenters. The minimum absolute atomic E-state index is 0.298. The molecule has 0 radical (unpaired) electrons. The van der Waals surface area contributed by atoms with Crippen LogP contribution >= 0.6 is 0 Å². The second kappa shape index (κ2) is 4.38. The number of hydrogen-bond acceptors (Lipinski definition) is 6. The van der Waals surface area contributed by atoms with Gasteiger partial charge < -0.3 is 21.7 Å². The number of rotatable bonds is 4. The van der Waals surface area contributed by atoms with Crippen molar-refractivity contribution in [3.8, 4) is 0 Å². The standard InChI is InChI=1S/C13H20N6/c1-7(2)4-16-10-3-11(18-13(15)17-10)19-5-8-9(6-19)12(8)14/h3,8-9,12H,1,4-6,14H2,2H3,(H3,15,16,17,18)/t8-,9+,12?. The molecular formula is C13H20N6. The fraction of sp³-hybridized carbons (Fsp3) is 0.538. The van der Waals surface area contributed by atoms with E-state index in [1.807, 2.05) is 13.0 Å². The van der Waals surface area contributed by atoms with Gasteiger partial charge in [-0.25, -0.2) is 0 Å². The van der Waals surface area contributed by atoms with Crippen molar-refractivity contribution in [2.75, 3.05) is 35.6 Å². The van der Waals surface area contributed by atoms with Crippen LogP contribution in [-0.2, 0) is 0 Å². The van der Waals surface area contributed by atoms with Gasteiger partial charge in [0.25, 0.3) is 0 Å². The summed E-state index contributed by atoms with van der Waals surface area (Å²) in [6.07, 6.45) is 0. The number of hydrogen-bond donors (Lipinski definition) is 3. The van der Waals surface area contributed by atoms with Crippen LogP contribution in [0.4, 0.5) is 17.6 Å². The first kappa shape index (κ1) is 12.2. The zero-order valence-electron chi connectivity index (χ0n) is 11.1. The van der Waals surface area contributed by atoms with Crippen LogP contribution in [0.3, 0.4) is 0 Å². The van der Waals surface area contributed by atoms with Gasteiger partial charge >= 0.3 is 0 Å². The molecule has 1 aromatic rings. The van der Waals surface area contributed by atoms with Crippen molar-refractivity contribution in [1.82, 2.24) is 9.97 Å². The lowest BCUT2D eigenvalue weighted by atomic mass is 10.3. The predicted octanol–water partition coefficient (Wildman–Crippen LogP) is 0.440. The molecule has 1 aliphatic heterocycles. The molecular weight excluding hydrogens is 240 g/mol. The van der Waals surface area contributed by atoms with Gasteiger partial charge in [0.1, 0.15) is 11.6 Å². The number of fused-ring (bicyclic) bond motifs is 1. The Morgan fingerprint density at radius 3 is 2.79 bits per heavy atom. The molecule has 102 valence electrons. The largest absolute Gasteiger partial charge is 0.368 e. The predicted molar refractivity (Wildman–Crippen MR) is 76.9 cm³/mol. The van der Waals surface area contributed by atoms with E-state index in [0.29, 0.717) is 30.4 Å². The van der Waals surface area contributed by atoms with Crippen LogP contribution in [0.1, 0.15) is 6.92 Å². The number of anilines is 3. The molecule has 3 atom stereocenters. The highest BCUT2D eigenvalue weighted by Crippen LogP contribution is 2.45. The fourth-order valence-electron chi connectivity index (χ4n) is 2.71. The molecule has 19 heavy (non-hydrogen) atoms. The van der Waals surface area contributed by atoms with Gasteiger partial charge in [-0.2, -0.15) is 9.97 Å². The molecule has 2 fully saturated rings. The maximum absolute atomic E-state index is 5.95. The third kappa shape index (κ3) is 2.35. The van der Waals surface area contributed by atoms with Crippen LogP contribution in [0.25, 0.3) is 0 Å². The lowest BCUT2D eigenvalue weighted by Crippen LogP contribution is -2.29. The molecule has 1 aromatic heterocycles. The summed E-state index contributed by atoms with van der Waals surface area (Å²) in [4.78, 5) is 10.7. The van der Waals surface area contributed by atoms with Crippen molar-refractivity contribution >= 4 is 17.6 Å². The zero-order chi connectivity index (χ0) is 13.6. The van der Waals surface area contributed by atoms with E-state index in [1.165, 1.54) is 0 Å². The summed E-state index contributed by atoms with van der Waals surface area (Å²) in [5, 5.41) is 3.20. The van der Waals surface area contributed by atoms with Gasteiger partial charge in [0.15, 0.2) is 0 Å². The van der Waals surface area contributed by atoms with Crippen LogP contribution in [0, 0.1) is 11.8 Å². The van der Waals surface area contributed by atoms with Crippen molar-refractivity contribution in [3.05, 3.63) is 18.2 Å². The van der Waals surface area contributed by atoms with Gasteiger partial charge in [-0.1, -0.05) is 12.2 Å². The summed E-state index contributed by atoms with van der Waals surface area (Å²) in [7, 11) is 0. The van der Waals surface area contributed by atoms with E-state index in [1.54, 1.807) is 0 Å². The van der Waals surface area contributed by atoms with E-state index in [-0.39, 0.29) is 0 Å². The van der Waals surface area contributed by atoms with Crippen molar-refractivity contribution in [2.24, 2.45) is 17.6 Å². The Bertz CT molecular complexity index is 502. The van der Waals surface area contributed by atoms with Gasteiger partial charge in [-0.05, 0) is 18.8 Å². The van der Waals surface area contributed by atoms with Gasteiger partial charge in [0, 0.05) is 31.7 Å². The first-order chi connectivity index (χ1) is 9.04. The highest BCUT2D eigenvalue weighted by Gasteiger charge is 2.53. The minimum Gasteiger partial charge on any atom is -0.368 e. The van der Waals surface area contributed by atoms with Crippen molar-refractivity contribution in [1.29, 1.82) is 0 Å². The summed E-state index contributed by atoms with van der Waals surface area (Å²) >= 11 is 0. The van der Waals surface area contributed by atoms with Crippen LogP contribution in [0.2, 0.25) is 0 Å². The summed E-state index contributed by atoms with van der Waals surface area (Å²) in [6.45, 7) is 8.46. The average molecular weight is 260 g/mol. The van der Waals surface area contributed by atoms with Crippen molar-refractivity contribution in [2.45, 2.75) is 13.0 Å². The molecule has 2 aliphatic rings. The Balaban J connectivity index is 1.73. The molecule has 0 spiro atoms. The smallest absolute Gasteiger partial charge is 0.223 e. The lowest BCUT2D eigenvalue weighted by Gasteiger charge is -2.21. The van der Waals surface area contributed by atoms with E-state index < -0.39 is 0 Å². The van der Waals surface area contributed by atoms with Crippen molar-refractivity contribution < 1.29 is 0 Å². The van der Waals surface area contributed by atoms with Crippen LogP contribution in [0.15, 0.2) is 18.2 Å². The molecule has 1 aliphatic carbocycles. The Morgan fingerprint density at radius 1 is 1.47 bits per heavy atom. The first-order valence-electron chi connectivity index (χ1n) is 6.58. The molecule has 6 nitrogen and oxygen atoms in total. The molecule has 0 bridgehead atoms. The minimum atomic E-state index is 0.298. The summed E-state index contributed by atoms with van der Waals surface area (Å²) in [5.74, 6) is 3.18. The molecule has 3 rings (SSSR count). The fourth-order valence-corrected chi connectivity index (χ4v) is 2.71. The van der Waals surface area contributed by atoms with Crippen molar-refractivity contribution in [3.63, 3.8) is 0 Å². The Hall–Kier alpha value is -1.82. The Labute approximate surface area is 112 Å². The quantitative estimate of drug-likeness (QED) is 0.680. The molecule has 1 saturated carbocycles. The number of nitrogens with one attached hydrogen (secondary N) is 1. The first-order valence-corrected chi connectivity index (χ1v) is 6.58. The second-order valence-electron chi connectivity index (χ2n) is 5.59. The summed E-state index contributed by atoms with van der Waals surface area (Å²) in [6, 6.07) is 2.33. The van der Waals surface area contributed by atoms with Gasteiger partial charge in [0.05, 0.1) is 0 Å². The molecule has 6 heteroatoms. The van der Waals surface area contributed by atoms with Crippen LogP contribution in [-0.4, -0.2) is 35.6 Å². The number of nitrogens with zero attached hydrogens (tertiary/aromatic N) is 3. The zero-order valence-corrected chi connectivity index (χ0v) is 11.1. The summed E-state index contributed by atoms with van der Waals surface area (Å²) in [5.41, 5.74) is 12.8. The average Bonchev–Trinajstić information content (AvgIpc) is 2.77. The number of nitrogen functional groups attached to an aromatic ring is 1. The van der Waals surface area contributed by atoms with Gasteiger partial charge in [-0.15, -0.1) is 0 Å². The number of nitrogens with two attached hydrogens (primary N) is 2. The second-order valence-corrected chi connectivity index (χ2v) is 5.59. The number of aromatic nitrogens is 2. The van der Waals surface area contributed by atoms with E-state index in [0.717, 1.165) is 30.3 Å². The highest BCUT2D eigenvalue weighted by molar-refractivity contribution is 5.54. The van der Waals surface area contributed by atoms with Crippen LogP contribution in [0.5, 0.6) is 0 Å². The third-order valence-corrected chi connectivity index (χ3v) is 3.89. The topological polar surface area (TPSA) is 93.1 Å². The van der Waals surface area contributed by atoms with E-state index in [2.05, 4.69) is 26.8 Å². The molecule has 1 saturated heterocycles. The lowest BCUT2D eigenvalue weighted by molar-refractivity contribution is 0.735. The molecule has 2 heterocycles. The summed E-state index contributed by atoms with van der Waals surface area (Å²) < 4.78 is 0. The van der Waals surface area contributed by atoms with Gasteiger partial charge in [-0.3, -0.25) is 0 Å². The Morgan fingerprint density at radius 2 is 2.16 bits per heavy atom. The monoisotopic (exact) mass is 260 g/mol. The third-order valence-electron chi connectivity index (χ3n) is 3.89.